The molecule has 0 unspecified atom stereocenters. The van der Waals surface area contributed by atoms with Crippen molar-refractivity contribution < 1.29 is 9.72 Å². The van der Waals surface area contributed by atoms with E-state index in [1.165, 1.54) is 23.0 Å². The van der Waals surface area contributed by atoms with Crippen LogP contribution in [0, 0.1) is 10.1 Å². The van der Waals surface area contributed by atoms with Gasteiger partial charge in [-0.15, -0.1) is 12.4 Å². The van der Waals surface area contributed by atoms with Crippen LogP contribution < -0.4 is 10.6 Å². The number of carbonyl (C=O) groups is 1. The topological polar surface area (TPSA) is 102 Å². The fraction of sp³-hybridized carbons (Fsp3) is 0.286. The van der Waals surface area contributed by atoms with Crippen LogP contribution in [0.15, 0.2) is 36.5 Å². The van der Waals surface area contributed by atoms with Crippen LogP contribution in [0.5, 0.6) is 0 Å². The van der Waals surface area contributed by atoms with E-state index in [0.717, 1.165) is 6.54 Å². The van der Waals surface area contributed by atoms with Gasteiger partial charge in [-0.3, -0.25) is 14.9 Å². The molecule has 0 radical (unpaired) electrons. The van der Waals surface area contributed by atoms with Crippen molar-refractivity contribution >= 4 is 24.0 Å². The third-order valence-corrected chi connectivity index (χ3v) is 2.98. The van der Waals surface area contributed by atoms with Crippen molar-refractivity contribution in [1.29, 1.82) is 0 Å². The van der Waals surface area contributed by atoms with Crippen molar-refractivity contribution in [3.05, 3.63) is 52.3 Å². The maximum absolute atomic E-state index is 11.9. The van der Waals surface area contributed by atoms with Crippen LogP contribution in [0.3, 0.4) is 0 Å². The van der Waals surface area contributed by atoms with Gasteiger partial charge in [-0.25, -0.2) is 4.68 Å². The monoisotopic (exact) mass is 339 g/mol. The summed E-state index contributed by atoms with van der Waals surface area (Å²) in [5, 5.41) is 20.9. The van der Waals surface area contributed by atoms with E-state index in [1.807, 2.05) is 6.92 Å². The van der Waals surface area contributed by atoms with Crippen molar-refractivity contribution in [3.8, 4) is 5.69 Å². The predicted molar refractivity (Wildman–Crippen MR) is 88.3 cm³/mol. The Morgan fingerprint density at radius 1 is 1.30 bits per heavy atom. The number of nitrogens with one attached hydrogen (secondary N) is 2. The number of nitrogens with zero attached hydrogens (tertiary/aromatic N) is 3. The zero-order valence-electron chi connectivity index (χ0n) is 12.6. The van der Waals surface area contributed by atoms with Crippen LogP contribution in [0.25, 0.3) is 5.69 Å². The minimum absolute atomic E-state index is 0. The lowest BCUT2D eigenvalue weighted by atomic mass is 10.3. The van der Waals surface area contributed by atoms with E-state index in [4.69, 9.17) is 0 Å². The molecule has 0 aliphatic heterocycles. The number of rotatable bonds is 7. The van der Waals surface area contributed by atoms with Gasteiger partial charge >= 0.3 is 0 Å². The highest BCUT2D eigenvalue weighted by Crippen LogP contribution is 2.21. The molecule has 0 aliphatic carbocycles. The van der Waals surface area contributed by atoms with Gasteiger partial charge in [0.1, 0.15) is 5.69 Å². The molecule has 2 rings (SSSR count). The number of carbonyl (C=O) groups excluding carboxylic acids is 1. The van der Waals surface area contributed by atoms with Gasteiger partial charge in [0.25, 0.3) is 11.6 Å². The number of para-hydroxylation sites is 2. The normalized spacial score (nSPS) is 9.96. The Morgan fingerprint density at radius 3 is 2.74 bits per heavy atom. The molecule has 1 aromatic carbocycles. The standard InChI is InChI=1S/C14H17N5O3.ClH/c1-2-15-8-9-16-14(20)11-7-10-18(17-11)12-5-3-4-6-13(12)19(21)22;/h3-7,10,15H,2,8-9H2,1H3,(H,16,20);1H. The maximum Gasteiger partial charge on any atom is 0.294 e. The Bertz CT molecular complexity index is 674. The number of halogens is 1. The number of nitro groups is 1. The van der Waals surface area contributed by atoms with Crippen LogP contribution in [0.2, 0.25) is 0 Å². The zero-order chi connectivity index (χ0) is 15.9. The maximum atomic E-state index is 11.9. The lowest BCUT2D eigenvalue weighted by Gasteiger charge is -2.04. The van der Waals surface area contributed by atoms with Crippen molar-refractivity contribution in [3.63, 3.8) is 0 Å². The molecule has 124 valence electrons. The van der Waals surface area contributed by atoms with E-state index >= 15 is 0 Å². The highest BCUT2D eigenvalue weighted by molar-refractivity contribution is 5.92. The van der Waals surface area contributed by atoms with Crippen LogP contribution in [-0.2, 0) is 0 Å². The highest BCUT2D eigenvalue weighted by atomic mass is 35.5. The second-order valence-electron chi connectivity index (χ2n) is 4.50. The third kappa shape index (κ3) is 4.76. The quantitative estimate of drug-likeness (QED) is 0.452. The molecule has 1 heterocycles. The fourth-order valence-corrected chi connectivity index (χ4v) is 1.92. The lowest BCUT2D eigenvalue weighted by molar-refractivity contribution is -0.384. The summed E-state index contributed by atoms with van der Waals surface area (Å²) >= 11 is 0. The molecule has 2 N–H and O–H groups in total. The summed E-state index contributed by atoms with van der Waals surface area (Å²) in [7, 11) is 0. The molecule has 0 fully saturated rings. The molecule has 0 saturated carbocycles. The minimum atomic E-state index is -0.479. The molecule has 0 spiro atoms. The summed E-state index contributed by atoms with van der Waals surface area (Å²) in [6, 6.07) is 7.77. The smallest absolute Gasteiger partial charge is 0.294 e. The van der Waals surface area contributed by atoms with Gasteiger partial charge in [0.05, 0.1) is 4.92 Å². The van der Waals surface area contributed by atoms with E-state index in [1.54, 1.807) is 18.2 Å². The van der Waals surface area contributed by atoms with Gasteiger partial charge < -0.3 is 10.6 Å². The zero-order valence-corrected chi connectivity index (χ0v) is 13.4. The first-order chi connectivity index (χ1) is 10.6. The Labute approximate surface area is 139 Å². The van der Waals surface area contributed by atoms with Crippen LogP contribution in [-0.4, -0.2) is 40.2 Å². The van der Waals surface area contributed by atoms with Gasteiger partial charge in [0.2, 0.25) is 0 Å². The molecule has 0 bridgehead atoms. The molecule has 8 nitrogen and oxygen atoms in total. The molecule has 1 aromatic heterocycles. The van der Waals surface area contributed by atoms with E-state index in [-0.39, 0.29) is 29.7 Å². The molecule has 23 heavy (non-hydrogen) atoms. The summed E-state index contributed by atoms with van der Waals surface area (Å²) in [5.41, 5.74) is 0.471. The van der Waals surface area contributed by atoms with Crippen LogP contribution >= 0.6 is 12.4 Å². The second-order valence-corrected chi connectivity index (χ2v) is 4.50. The van der Waals surface area contributed by atoms with Crippen molar-refractivity contribution in [2.24, 2.45) is 0 Å². The van der Waals surface area contributed by atoms with Crippen LogP contribution in [0.1, 0.15) is 17.4 Å². The molecular weight excluding hydrogens is 322 g/mol. The van der Waals surface area contributed by atoms with Gasteiger partial charge in [0.15, 0.2) is 5.69 Å². The summed E-state index contributed by atoms with van der Waals surface area (Å²) in [4.78, 5) is 22.5. The number of aromatic nitrogens is 2. The Hall–Kier alpha value is -2.45. The number of amides is 1. The average Bonchev–Trinajstić information content (AvgIpc) is 3.01. The summed E-state index contributed by atoms with van der Waals surface area (Å²) in [6.45, 7) is 3.98. The first-order valence-corrected chi connectivity index (χ1v) is 6.92. The first kappa shape index (κ1) is 18.6. The van der Waals surface area contributed by atoms with Gasteiger partial charge in [0, 0.05) is 25.4 Å². The number of hydrogen-bond donors (Lipinski definition) is 2. The summed E-state index contributed by atoms with van der Waals surface area (Å²) < 4.78 is 1.33. The Balaban J connectivity index is 0.00000264. The highest BCUT2D eigenvalue weighted by Gasteiger charge is 2.16. The Kier molecular flexibility index (Phi) is 7.17. The van der Waals surface area contributed by atoms with Crippen molar-refractivity contribution in [2.75, 3.05) is 19.6 Å². The third-order valence-electron chi connectivity index (χ3n) is 2.98. The van der Waals surface area contributed by atoms with Gasteiger partial charge in [-0.1, -0.05) is 19.1 Å². The second kappa shape index (κ2) is 8.86. The first-order valence-electron chi connectivity index (χ1n) is 6.92. The van der Waals surface area contributed by atoms with Gasteiger partial charge in [-0.2, -0.15) is 5.10 Å². The number of nitro benzene ring substituents is 1. The van der Waals surface area contributed by atoms with Crippen molar-refractivity contribution in [1.82, 2.24) is 20.4 Å². The molecule has 0 atom stereocenters. The summed E-state index contributed by atoms with van der Waals surface area (Å²) in [5.74, 6) is -0.310. The predicted octanol–water partition coefficient (Wildman–Crippen LogP) is 1.54. The number of benzene rings is 1. The SMILES string of the molecule is CCNCCNC(=O)c1ccn(-c2ccccc2[N+](=O)[O-])n1.Cl. The number of likely N-dealkylation sites (N-methyl/N-ethyl adjacent to an activating group) is 1. The number of hydrogen-bond acceptors (Lipinski definition) is 5. The molecule has 9 heteroatoms. The largest absolute Gasteiger partial charge is 0.349 e. The minimum Gasteiger partial charge on any atom is -0.349 e. The van der Waals surface area contributed by atoms with E-state index in [2.05, 4.69) is 15.7 Å². The van der Waals surface area contributed by atoms with E-state index in [9.17, 15) is 14.9 Å². The van der Waals surface area contributed by atoms with E-state index in [0.29, 0.717) is 18.8 Å². The lowest BCUT2D eigenvalue weighted by Crippen LogP contribution is -2.32. The molecule has 0 saturated heterocycles. The van der Waals surface area contributed by atoms with E-state index < -0.39 is 4.92 Å². The average molecular weight is 340 g/mol. The molecule has 0 aliphatic rings. The van der Waals surface area contributed by atoms with Crippen molar-refractivity contribution in [2.45, 2.75) is 6.92 Å². The van der Waals surface area contributed by atoms with Crippen LogP contribution in [0.4, 0.5) is 5.69 Å². The molecular formula is C14H18ClN5O3. The summed E-state index contributed by atoms with van der Waals surface area (Å²) in [6.07, 6.45) is 1.53. The Morgan fingerprint density at radius 2 is 2.04 bits per heavy atom. The molecule has 2 aromatic rings. The fourth-order valence-electron chi connectivity index (χ4n) is 1.92. The molecule has 1 amide bonds. The van der Waals surface area contributed by atoms with Gasteiger partial charge in [-0.05, 0) is 18.7 Å².